The summed E-state index contributed by atoms with van der Waals surface area (Å²) in [6.45, 7) is 4.13. The van der Waals surface area contributed by atoms with Crippen LogP contribution in [0.3, 0.4) is 0 Å². The first-order valence-electron chi connectivity index (χ1n) is 11.7. The Balaban J connectivity index is 1.27. The van der Waals surface area contributed by atoms with Crippen molar-refractivity contribution in [3.05, 3.63) is 87.2 Å². The maximum atomic E-state index is 9.65. The molecule has 1 N–H and O–H groups in total. The van der Waals surface area contributed by atoms with Gasteiger partial charge >= 0.3 is 0 Å². The fourth-order valence-corrected chi connectivity index (χ4v) is 5.13. The quantitative estimate of drug-likeness (QED) is 0.290. The van der Waals surface area contributed by atoms with Gasteiger partial charge in [-0.2, -0.15) is 10.2 Å². The van der Waals surface area contributed by atoms with Gasteiger partial charge in [0.25, 0.3) is 0 Å². The van der Waals surface area contributed by atoms with Gasteiger partial charge in [-0.25, -0.2) is 0 Å². The van der Waals surface area contributed by atoms with Crippen LogP contribution in [-0.2, 0) is 11.3 Å². The zero-order valence-electron chi connectivity index (χ0n) is 19.5. The molecule has 0 amide bonds. The highest BCUT2D eigenvalue weighted by molar-refractivity contribution is 7.10. The van der Waals surface area contributed by atoms with Crippen LogP contribution in [-0.4, -0.2) is 42.7 Å². The second-order valence-corrected chi connectivity index (χ2v) is 9.66. The first kappa shape index (κ1) is 24.3. The second-order valence-electron chi connectivity index (χ2n) is 8.27. The molecule has 2 aromatic heterocycles. The van der Waals surface area contributed by atoms with Crippen LogP contribution >= 0.6 is 22.9 Å². The van der Waals surface area contributed by atoms with Gasteiger partial charge in [0.15, 0.2) is 0 Å². The number of anilines is 1. The van der Waals surface area contributed by atoms with Crippen molar-refractivity contribution < 1.29 is 13.9 Å². The summed E-state index contributed by atoms with van der Waals surface area (Å²) in [5.41, 5.74) is 1.91. The number of morpholine rings is 1. The maximum absolute atomic E-state index is 9.65. The minimum absolute atomic E-state index is 0.156. The summed E-state index contributed by atoms with van der Waals surface area (Å²) < 4.78 is 17.4. The van der Waals surface area contributed by atoms with Gasteiger partial charge in [-0.1, -0.05) is 35.9 Å². The maximum Gasteiger partial charge on any atom is 0.232 e. The average Bonchev–Trinajstić information content (AvgIpc) is 3.60. The second kappa shape index (κ2) is 11.6. The largest absolute Gasteiger partial charge is 0.489 e. The van der Waals surface area contributed by atoms with E-state index < -0.39 is 0 Å². The van der Waals surface area contributed by atoms with Crippen molar-refractivity contribution in [1.82, 2.24) is 9.88 Å². The zero-order chi connectivity index (χ0) is 24.7. The number of aromatic nitrogens is 1. The third kappa shape index (κ3) is 5.72. The number of thiophene rings is 1. The van der Waals surface area contributed by atoms with Crippen LogP contribution in [0.4, 0.5) is 5.88 Å². The SMILES string of the molecule is N#Cc1nc(-c2ccc(OCc3ccccc3Cl)cc2)oc1NC[C@@H](c1cccs1)N1CCOCC1. The van der Waals surface area contributed by atoms with Crippen molar-refractivity contribution in [2.75, 3.05) is 38.2 Å². The van der Waals surface area contributed by atoms with Gasteiger partial charge in [0, 0.05) is 40.7 Å². The Bertz CT molecular complexity index is 1310. The number of nitrogens with one attached hydrogen (secondary N) is 1. The summed E-state index contributed by atoms with van der Waals surface area (Å²) in [5.74, 6) is 1.46. The first-order valence-corrected chi connectivity index (χ1v) is 12.9. The summed E-state index contributed by atoms with van der Waals surface area (Å²) in [5, 5.41) is 15.7. The number of oxazole rings is 1. The molecule has 5 rings (SSSR count). The summed E-state index contributed by atoms with van der Waals surface area (Å²) in [6.07, 6.45) is 0. The normalized spacial score (nSPS) is 14.8. The number of ether oxygens (including phenoxy) is 2. The van der Waals surface area contributed by atoms with Crippen LogP contribution in [0.1, 0.15) is 22.2 Å². The first-order chi connectivity index (χ1) is 17.7. The summed E-state index contributed by atoms with van der Waals surface area (Å²) >= 11 is 7.93. The van der Waals surface area contributed by atoms with E-state index in [2.05, 4.69) is 38.8 Å². The van der Waals surface area contributed by atoms with E-state index in [1.54, 1.807) is 11.3 Å². The lowest BCUT2D eigenvalue weighted by atomic mass is 10.2. The molecule has 184 valence electrons. The van der Waals surface area contributed by atoms with Gasteiger partial charge in [0.2, 0.25) is 17.5 Å². The topological polar surface area (TPSA) is 83.5 Å². The van der Waals surface area contributed by atoms with E-state index in [0.29, 0.717) is 35.7 Å². The molecule has 1 aliphatic rings. The third-order valence-electron chi connectivity index (χ3n) is 6.00. The Morgan fingerprint density at radius 1 is 1.11 bits per heavy atom. The highest BCUT2D eigenvalue weighted by atomic mass is 35.5. The van der Waals surface area contributed by atoms with Crippen molar-refractivity contribution in [3.63, 3.8) is 0 Å². The molecule has 1 saturated heterocycles. The Kier molecular flexibility index (Phi) is 7.84. The standard InChI is InChI=1S/C27H25ClN4O3S/c28-22-5-2-1-4-20(22)18-34-21-9-7-19(8-10-21)26-31-23(16-29)27(35-26)30-17-24(25-6-3-15-36-25)32-11-13-33-14-12-32/h1-10,15,24,30H,11-14,17-18H2/t24-/m0/s1. The molecule has 3 heterocycles. The summed E-state index contributed by atoms with van der Waals surface area (Å²) in [6, 6.07) is 21.5. The molecule has 9 heteroatoms. The van der Waals surface area contributed by atoms with Crippen molar-refractivity contribution in [1.29, 1.82) is 5.26 Å². The Hall–Kier alpha value is -3.35. The van der Waals surface area contributed by atoms with Crippen molar-refractivity contribution in [3.8, 4) is 23.3 Å². The molecule has 0 radical (unpaired) electrons. The Morgan fingerprint density at radius 2 is 1.92 bits per heavy atom. The van der Waals surface area contributed by atoms with Gasteiger partial charge in [-0.15, -0.1) is 11.3 Å². The van der Waals surface area contributed by atoms with Crippen LogP contribution in [0.15, 0.2) is 70.5 Å². The van der Waals surface area contributed by atoms with E-state index in [1.165, 1.54) is 4.88 Å². The molecule has 7 nitrogen and oxygen atoms in total. The van der Waals surface area contributed by atoms with Crippen LogP contribution in [0.2, 0.25) is 5.02 Å². The number of nitriles is 1. The van der Waals surface area contributed by atoms with E-state index in [1.807, 2.05) is 48.5 Å². The van der Waals surface area contributed by atoms with Crippen LogP contribution in [0.25, 0.3) is 11.5 Å². The average molecular weight is 521 g/mol. The minimum atomic E-state index is 0.156. The zero-order valence-corrected chi connectivity index (χ0v) is 21.1. The third-order valence-corrected chi connectivity index (χ3v) is 7.34. The van der Waals surface area contributed by atoms with E-state index in [-0.39, 0.29) is 11.7 Å². The predicted molar refractivity (Wildman–Crippen MR) is 140 cm³/mol. The molecular formula is C27H25ClN4O3S. The van der Waals surface area contributed by atoms with Crippen LogP contribution in [0.5, 0.6) is 5.75 Å². The molecule has 0 unspecified atom stereocenters. The number of halogens is 1. The lowest BCUT2D eigenvalue weighted by molar-refractivity contribution is 0.0193. The smallest absolute Gasteiger partial charge is 0.232 e. The lowest BCUT2D eigenvalue weighted by Gasteiger charge is -2.34. The molecule has 0 bridgehead atoms. The highest BCUT2D eigenvalue weighted by Crippen LogP contribution is 2.30. The molecule has 2 aromatic carbocycles. The minimum Gasteiger partial charge on any atom is -0.489 e. The van der Waals surface area contributed by atoms with Gasteiger partial charge in [0.1, 0.15) is 18.4 Å². The molecule has 1 atom stereocenters. The fraction of sp³-hybridized carbons (Fsp3) is 0.259. The molecule has 0 saturated carbocycles. The van der Waals surface area contributed by atoms with E-state index >= 15 is 0 Å². The molecular weight excluding hydrogens is 496 g/mol. The van der Waals surface area contributed by atoms with E-state index in [9.17, 15) is 5.26 Å². The summed E-state index contributed by atoms with van der Waals surface area (Å²) in [4.78, 5) is 8.06. The Labute approximate surface area is 218 Å². The molecule has 1 aliphatic heterocycles. The molecule has 36 heavy (non-hydrogen) atoms. The fourth-order valence-electron chi connectivity index (χ4n) is 4.08. The monoisotopic (exact) mass is 520 g/mol. The molecule has 0 aliphatic carbocycles. The Morgan fingerprint density at radius 3 is 2.64 bits per heavy atom. The number of hydrogen-bond donors (Lipinski definition) is 1. The van der Waals surface area contributed by atoms with Gasteiger partial charge < -0.3 is 19.2 Å². The highest BCUT2D eigenvalue weighted by Gasteiger charge is 2.25. The molecule has 4 aromatic rings. The predicted octanol–water partition coefficient (Wildman–Crippen LogP) is 5.99. The van der Waals surface area contributed by atoms with Crippen molar-refractivity contribution in [2.45, 2.75) is 12.6 Å². The lowest BCUT2D eigenvalue weighted by Crippen LogP contribution is -2.41. The number of rotatable bonds is 9. The molecule has 0 spiro atoms. The number of benzene rings is 2. The van der Waals surface area contributed by atoms with Crippen molar-refractivity contribution in [2.24, 2.45) is 0 Å². The van der Waals surface area contributed by atoms with E-state index in [0.717, 1.165) is 37.4 Å². The van der Waals surface area contributed by atoms with Gasteiger partial charge in [-0.05, 0) is 41.8 Å². The van der Waals surface area contributed by atoms with Crippen LogP contribution in [0, 0.1) is 11.3 Å². The van der Waals surface area contributed by atoms with Gasteiger partial charge in [0.05, 0.1) is 19.3 Å². The van der Waals surface area contributed by atoms with Gasteiger partial charge in [-0.3, -0.25) is 4.90 Å². The van der Waals surface area contributed by atoms with Crippen molar-refractivity contribution >= 4 is 28.8 Å². The number of hydrogen-bond acceptors (Lipinski definition) is 8. The van der Waals surface area contributed by atoms with Crippen LogP contribution < -0.4 is 10.1 Å². The molecule has 1 fully saturated rings. The number of nitrogens with zero attached hydrogens (tertiary/aromatic N) is 3. The summed E-state index contributed by atoms with van der Waals surface area (Å²) in [7, 11) is 0. The van der Waals surface area contributed by atoms with E-state index in [4.69, 9.17) is 25.5 Å².